The van der Waals surface area contributed by atoms with Crippen LogP contribution in [-0.2, 0) is 6.54 Å². The number of carbonyl (C=O) groups excluding carboxylic acids is 1. The molecule has 0 bridgehead atoms. The Morgan fingerprint density at radius 1 is 0.921 bits per heavy atom. The molecule has 3 aromatic carbocycles. The Morgan fingerprint density at radius 2 is 1.63 bits per heavy atom. The van der Waals surface area contributed by atoms with Gasteiger partial charge < -0.3 is 29.0 Å². The fourth-order valence-corrected chi connectivity index (χ4v) is 5.01. The van der Waals surface area contributed by atoms with Gasteiger partial charge in [-0.2, -0.15) is 0 Å². The number of allylic oxidation sites excluding steroid dienone is 1. The van der Waals surface area contributed by atoms with Crippen molar-refractivity contribution < 1.29 is 28.8 Å². The van der Waals surface area contributed by atoms with E-state index in [4.69, 9.17) is 18.9 Å². The van der Waals surface area contributed by atoms with E-state index < -0.39 is 0 Å². The summed E-state index contributed by atoms with van der Waals surface area (Å²) in [6, 6.07) is 15.1. The summed E-state index contributed by atoms with van der Waals surface area (Å²) >= 11 is 0. The van der Waals surface area contributed by atoms with Crippen LogP contribution in [0.2, 0.25) is 0 Å². The molecule has 1 saturated heterocycles. The van der Waals surface area contributed by atoms with Gasteiger partial charge in [0.1, 0.15) is 17.2 Å². The first-order valence-electron chi connectivity index (χ1n) is 12.5. The van der Waals surface area contributed by atoms with Crippen molar-refractivity contribution in [3.05, 3.63) is 76.5 Å². The van der Waals surface area contributed by atoms with Gasteiger partial charge in [-0.1, -0.05) is 6.07 Å². The van der Waals surface area contributed by atoms with Gasteiger partial charge in [0.2, 0.25) is 5.78 Å². The zero-order chi connectivity index (χ0) is 26.8. The van der Waals surface area contributed by atoms with Gasteiger partial charge in [-0.3, -0.25) is 9.69 Å². The van der Waals surface area contributed by atoms with Crippen LogP contribution >= 0.6 is 0 Å². The van der Waals surface area contributed by atoms with Gasteiger partial charge in [-0.05, 0) is 66.6 Å². The average molecular weight is 517 g/mol. The highest BCUT2D eigenvalue weighted by molar-refractivity contribution is 6.15. The van der Waals surface area contributed by atoms with Crippen molar-refractivity contribution in [2.24, 2.45) is 0 Å². The number of benzene rings is 3. The second-order valence-corrected chi connectivity index (χ2v) is 9.41. The van der Waals surface area contributed by atoms with Crippen LogP contribution in [0.5, 0.6) is 28.7 Å². The number of Topliss-reactive ketones (excluding diaryl/α,β-unsaturated/α-hetero) is 1. The van der Waals surface area contributed by atoms with Crippen molar-refractivity contribution in [1.29, 1.82) is 0 Å². The second-order valence-electron chi connectivity index (χ2n) is 9.41. The number of anilines is 1. The average Bonchev–Trinajstić information content (AvgIpc) is 3.27. The molecule has 0 spiro atoms. The van der Waals surface area contributed by atoms with E-state index in [0.29, 0.717) is 40.5 Å². The normalized spacial score (nSPS) is 16.4. The zero-order valence-corrected chi connectivity index (χ0v) is 22.1. The molecule has 0 unspecified atom stereocenters. The lowest BCUT2D eigenvalue weighted by molar-refractivity contribution is 0.101. The molecule has 0 radical (unpaired) electrons. The van der Waals surface area contributed by atoms with Crippen LogP contribution in [0, 0.1) is 6.92 Å². The molecule has 198 valence electrons. The molecular weight excluding hydrogens is 484 g/mol. The van der Waals surface area contributed by atoms with E-state index in [1.54, 1.807) is 45.6 Å². The maximum absolute atomic E-state index is 13.3. The minimum Gasteiger partial charge on any atom is -0.507 e. The number of phenols is 1. The molecule has 8 heteroatoms. The number of carbonyl (C=O) groups is 1. The molecule has 0 amide bonds. The summed E-state index contributed by atoms with van der Waals surface area (Å²) in [6.45, 7) is 5.64. The van der Waals surface area contributed by atoms with E-state index in [2.05, 4.69) is 21.9 Å². The summed E-state index contributed by atoms with van der Waals surface area (Å²) in [5.74, 6) is 2.60. The first-order valence-corrected chi connectivity index (χ1v) is 12.5. The number of aryl methyl sites for hydroxylation is 1. The van der Waals surface area contributed by atoms with E-state index in [1.807, 2.05) is 25.1 Å². The van der Waals surface area contributed by atoms with E-state index >= 15 is 0 Å². The van der Waals surface area contributed by atoms with Crippen LogP contribution in [0.1, 0.15) is 27.0 Å². The Balaban J connectivity index is 1.34. The predicted molar refractivity (Wildman–Crippen MR) is 146 cm³/mol. The molecule has 1 fully saturated rings. The number of nitrogens with zero attached hydrogens (tertiary/aromatic N) is 2. The third-order valence-corrected chi connectivity index (χ3v) is 7.12. The molecule has 2 heterocycles. The van der Waals surface area contributed by atoms with Crippen LogP contribution in [0.25, 0.3) is 6.08 Å². The summed E-state index contributed by atoms with van der Waals surface area (Å²) in [5.41, 5.74) is 3.72. The fourth-order valence-electron chi connectivity index (χ4n) is 5.01. The molecule has 8 nitrogen and oxygen atoms in total. The maximum Gasteiger partial charge on any atom is 0.232 e. The largest absolute Gasteiger partial charge is 0.507 e. The minimum atomic E-state index is -0.196. The molecule has 3 aromatic rings. The molecule has 0 saturated carbocycles. The smallest absolute Gasteiger partial charge is 0.232 e. The number of hydrogen-bond donors (Lipinski definition) is 1. The summed E-state index contributed by atoms with van der Waals surface area (Å²) in [4.78, 5) is 17.9. The Morgan fingerprint density at radius 3 is 2.29 bits per heavy atom. The minimum absolute atomic E-state index is 0.138. The SMILES string of the molecule is COc1ccc(N2CCN(Cc3c(O)cc(C)c4c3O/C(=C\c3ccc(OC)c(OC)c3)C4=O)CC2)cc1. The number of hydrogen-bond acceptors (Lipinski definition) is 8. The lowest BCUT2D eigenvalue weighted by Gasteiger charge is -2.36. The molecule has 0 aliphatic carbocycles. The Kier molecular flexibility index (Phi) is 7.15. The molecule has 5 rings (SSSR count). The van der Waals surface area contributed by atoms with Crippen molar-refractivity contribution >= 4 is 17.5 Å². The molecule has 2 aliphatic rings. The highest BCUT2D eigenvalue weighted by Gasteiger charge is 2.34. The maximum atomic E-state index is 13.3. The standard InChI is InChI=1S/C30H32N2O6/c1-19-15-24(33)23(18-31-11-13-32(14-12-31)21-6-8-22(35-2)9-7-21)30-28(19)29(34)27(38-30)17-20-5-10-25(36-3)26(16-20)37-4/h5-10,15-17,33H,11-14,18H2,1-4H3/b27-17-. The lowest BCUT2D eigenvalue weighted by Crippen LogP contribution is -2.46. The van der Waals surface area contributed by atoms with Crippen LogP contribution < -0.4 is 23.8 Å². The van der Waals surface area contributed by atoms with E-state index in [-0.39, 0.29) is 17.3 Å². The Hall–Kier alpha value is -4.17. The van der Waals surface area contributed by atoms with Crippen molar-refractivity contribution in [3.63, 3.8) is 0 Å². The summed E-state index contributed by atoms with van der Waals surface area (Å²) in [6.07, 6.45) is 1.69. The molecule has 0 atom stereocenters. The molecule has 0 aromatic heterocycles. The number of fused-ring (bicyclic) bond motifs is 1. The van der Waals surface area contributed by atoms with Crippen molar-refractivity contribution in [2.75, 3.05) is 52.4 Å². The summed E-state index contributed by atoms with van der Waals surface area (Å²) in [7, 11) is 4.81. The van der Waals surface area contributed by atoms with E-state index in [9.17, 15) is 9.90 Å². The van der Waals surface area contributed by atoms with Gasteiger partial charge in [0, 0.05) is 38.4 Å². The number of rotatable bonds is 7. The lowest BCUT2D eigenvalue weighted by atomic mass is 9.99. The predicted octanol–water partition coefficient (Wildman–Crippen LogP) is 4.66. The van der Waals surface area contributed by atoms with Gasteiger partial charge in [0.25, 0.3) is 0 Å². The van der Waals surface area contributed by atoms with E-state index in [0.717, 1.165) is 43.2 Å². The zero-order valence-electron chi connectivity index (χ0n) is 22.1. The third kappa shape index (κ3) is 4.87. The number of ketones is 1. The fraction of sp³-hybridized carbons (Fsp3) is 0.300. The van der Waals surface area contributed by atoms with Crippen LogP contribution in [-0.4, -0.2) is 63.3 Å². The monoisotopic (exact) mass is 516 g/mol. The van der Waals surface area contributed by atoms with Crippen molar-refractivity contribution in [1.82, 2.24) is 4.90 Å². The molecule has 2 aliphatic heterocycles. The number of methoxy groups -OCH3 is 3. The van der Waals surface area contributed by atoms with Crippen LogP contribution in [0.15, 0.2) is 54.3 Å². The molecule has 1 N–H and O–H groups in total. The first-order chi connectivity index (χ1) is 18.4. The van der Waals surface area contributed by atoms with E-state index in [1.165, 1.54) is 0 Å². The quantitative estimate of drug-likeness (QED) is 0.454. The number of aromatic hydroxyl groups is 1. The Bertz CT molecular complexity index is 1370. The summed E-state index contributed by atoms with van der Waals surface area (Å²) < 4.78 is 22.1. The molecular formula is C30H32N2O6. The van der Waals surface area contributed by atoms with Gasteiger partial charge in [-0.15, -0.1) is 0 Å². The third-order valence-electron chi connectivity index (χ3n) is 7.12. The number of piperazine rings is 1. The van der Waals surface area contributed by atoms with Gasteiger partial charge in [0.15, 0.2) is 17.3 Å². The second kappa shape index (κ2) is 10.7. The van der Waals surface area contributed by atoms with Crippen molar-refractivity contribution in [3.8, 4) is 28.7 Å². The van der Waals surface area contributed by atoms with Crippen LogP contribution in [0.3, 0.4) is 0 Å². The number of phenolic OH excluding ortho intramolecular Hbond substituents is 1. The highest BCUT2D eigenvalue weighted by Crippen LogP contribution is 2.42. The Labute approximate surface area is 222 Å². The van der Waals surface area contributed by atoms with Gasteiger partial charge >= 0.3 is 0 Å². The topological polar surface area (TPSA) is 80.7 Å². The van der Waals surface area contributed by atoms with Gasteiger partial charge in [-0.25, -0.2) is 0 Å². The summed E-state index contributed by atoms with van der Waals surface area (Å²) in [5, 5.41) is 10.9. The van der Waals surface area contributed by atoms with Crippen LogP contribution in [0.4, 0.5) is 5.69 Å². The molecule has 38 heavy (non-hydrogen) atoms. The van der Waals surface area contributed by atoms with Gasteiger partial charge in [0.05, 0.1) is 32.5 Å². The highest BCUT2D eigenvalue weighted by atomic mass is 16.5. The first kappa shape index (κ1) is 25.5. The number of ether oxygens (including phenoxy) is 4. The van der Waals surface area contributed by atoms with Crippen molar-refractivity contribution in [2.45, 2.75) is 13.5 Å².